The van der Waals surface area contributed by atoms with Crippen LogP contribution in [0, 0.1) is 6.92 Å². The van der Waals surface area contributed by atoms with Gasteiger partial charge in [-0.1, -0.05) is 54.6 Å². The highest BCUT2D eigenvalue weighted by Gasteiger charge is 2.12. The lowest BCUT2D eigenvalue weighted by Crippen LogP contribution is -2.10. The van der Waals surface area contributed by atoms with Crippen molar-refractivity contribution in [1.29, 1.82) is 0 Å². The van der Waals surface area contributed by atoms with E-state index in [-0.39, 0.29) is 6.04 Å². The summed E-state index contributed by atoms with van der Waals surface area (Å²) in [5, 5.41) is 0. The van der Waals surface area contributed by atoms with Gasteiger partial charge in [0.15, 0.2) is 0 Å². The maximum atomic E-state index is 6.24. The first kappa shape index (κ1) is 13.7. The van der Waals surface area contributed by atoms with Crippen molar-refractivity contribution in [3.8, 4) is 0 Å². The first-order chi connectivity index (χ1) is 10.2. The Morgan fingerprint density at radius 3 is 2.14 bits per heavy atom. The minimum absolute atomic E-state index is 0.204. The lowest BCUT2D eigenvalue weighted by molar-refractivity contribution is 0.466. The van der Waals surface area contributed by atoms with Gasteiger partial charge in [-0.25, -0.2) is 0 Å². The van der Waals surface area contributed by atoms with Crippen molar-refractivity contribution >= 4 is 0 Å². The molecular formula is C19H19NO. The second-order valence-electron chi connectivity index (χ2n) is 5.33. The van der Waals surface area contributed by atoms with Crippen molar-refractivity contribution in [2.75, 3.05) is 0 Å². The lowest BCUT2D eigenvalue weighted by Gasteiger charge is -2.10. The van der Waals surface area contributed by atoms with Gasteiger partial charge in [0.1, 0.15) is 11.5 Å². The van der Waals surface area contributed by atoms with Gasteiger partial charge in [0.25, 0.3) is 0 Å². The molecule has 0 saturated heterocycles. The Morgan fingerprint density at radius 2 is 1.52 bits per heavy atom. The van der Waals surface area contributed by atoms with Gasteiger partial charge in [0, 0.05) is 0 Å². The number of benzene rings is 2. The van der Waals surface area contributed by atoms with E-state index >= 15 is 0 Å². The summed E-state index contributed by atoms with van der Waals surface area (Å²) < 4.78 is 5.60. The Bertz CT molecular complexity index is 698. The average Bonchev–Trinajstić information content (AvgIpc) is 2.95. The summed E-state index contributed by atoms with van der Waals surface area (Å²) in [6.45, 7) is 1.93. The van der Waals surface area contributed by atoms with Gasteiger partial charge < -0.3 is 10.2 Å². The van der Waals surface area contributed by atoms with Gasteiger partial charge in [-0.3, -0.25) is 0 Å². The molecule has 1 unspecified atom stereocenters. The molecule has 0 amide bonds. The normalized spacial score (nSPS) is 12.3. The molecule has 0 aliphatic rings. The number of nitrogens with two attached hydrogens (primary N) is 1. The Labute approximate surface area is 125 Å². The molecule has 3 aromatic rings. The number of rotatable bonds is 4. The molecule has 0 saturated carbocycles. The van der Waals surface area contributed by atoms with Crippen molar-refractivity contribution in [2.45, 2.75) is 19.4 Å². The fraction of sp³-hybridized carbons (Fsp3) is 0.158. The van der Waals surface area contributed by atoms with E-state index in [4.69, 9.17) is 10.2 Å². The zero-order valence-electron chi connectivity index (χ0n) is 12.1. The van der Waals surface area contributed by atoms with Crippen LogP contribution in [-0.4, -0.2) is 0 Å². The summed E-state index contributed by atoms with van der Waals surface area (Å²) in [6, 6.07) is 22.6. The van der Waals surface area contributed by atoms with Crippen molar-refractivity contribution in [2.24, 2.45) is 5.73 Å². The van der Waals surface area contributed by atoms with Crippen molar-refractivity contribution < 1.29 is 4.42 Å². The number of hydrogen-bond donors (Lipinski definition) is 1. The van der Waals surface area contributed by atoms with E-state index in [1.54, 1.807) is 0 Å². The highest BCUT2D eigenvalue weighted by Crippen LogP contribution is 2.22. The Hall–Kier alpha value is -2.32. The van der Waals surface area contributed by atoms with Gasteiger partial charge in [-0.2, -0.15) is 0 Å². The van der Waals surface area contributed by atoms with E-state index in [0.29, 0.717) is 0 Å². The standard InChI is InChI=1S/C19H19NO/c1-14-7-12-18(21-14)19(20)17-10-8-16(9-11-17)13-15-5-3-2-4-6-15/h2-12,19H,13,20H2,1H3. The van der Waals surface area contributed by atoms with Crippen LogP contribution in [0.25, 0.3) is 0 Å². The first-order valence-electron chi connectivity index (χ1n) is 7.17. The number of hydrogen-bond acceptors (Lipinski definition) is 2. The molecule has 0 spiro atoms. The summed E-state index contributed by atoms with van der Waals surface area (Å²) in [4.78, 5) is 0. The molecule has 3 rings (SSSR count). The Morgan fingerprint density at radius 1 is 0.857 bits per heavy atom. The maximum Gasteiger partial charge on any atom is 0.125 e. The number of furan rings is 1. The van der Waals surface area contributed by atoms with E-state index in [2.05, 4.69) is 48.5 Å². The number of aryl methyl sites for hydroxylation is 1. The topological polar surface area (TPSA) is 39.2 Å². The minimum atomic E-state index is -0.204. The lowest BCUT2D eigenvalue weighted by atomic mass is 10.00. The third-order valence-electron chi connectivity index (χ3n) is 3.66. The fourth-order valence-corrected chi connectivity index (χ4v) is 2.46. The predicted molar refractivity (Wildman–Crippen MR) is 85.2 cm³/mol. The Balaban J connectivity index is 1.75. The second-order valence-corrected chi connectivity index (χ2v) is 5.33. The molecule has 0 aliphatic heterocycles. The molecule has 21 heavy (non-hydrogen) atoms. The van der Waals surface area contributed by atoms with Crippen LogP contribution >= 0.6 is 0 Å². The molecule has 0 bridgehead atoms. The van der Waals surface area contributed by atoms with E-state index in [0.717, 1.165) is 23.5 Å². The van der Waals surface area contributed by atoms with E-state index in [1.165, 1.54) is 11.1 Å². The van der Waals surface area contributed by atoms with Gasteiger partial charge in [-0.15, -0.1) is 0 Å². The third kappa shape index (κ3) is 3.23. The quantitative estimate of drug-likeness (QED) is 0.775. The molecule has 1 aromatic heterocycles. The zero-order chi connectivity index (χ0) is 14.7. The van der Waals surface area contributed by atoms with Crippen LogP contribution < -0.4 is 5.73 Å². The van der Waals surface area contributed by atoms with Crippen LogP contribution in [0.1, 0.15) is 34.3 Å². The highest BCUT2D eigenvalue weighted by atomic mass is 16.3. The fourth-order valence-electron chi connectivity index (χ4n) is 2.46. The van der Waals surface area contributed by atoms with E-state index < -0.39 is 0 Å². The van der Waals surface area contributed by atoms with Crippen molar-refractivity contribution in [3.63, 3.8) is 0 Å². The summed E-state index contributed by atoms with van der Waals surface area (Å²) in [7, 11) is 0. The monoisotopic (exact) mass is 277 g/mol. The van der Waals surface area contributed by atoms with Crippen LogP contribution in [-0.2, 0) is 6.42 Å². The predicted octanol–water partition coefficient (Wildman–Crippen LogP) is 4.23. The maximum absolute atomic E-state index is 6.24. The zero-order valence-corrected chi connectivity index (χ0v) is 12.1. The van der Waals surface area contributed by atoms with E-state index in [9.17, 15) is 0 Å². The molecule has 2 N–H and O–H groups in total. The summed E-state index contributed by atoms with van der Waals surface area (Å²) in [6.07, 6.45) is 0.941. The van der Waals surface area contributed by atoms with Crippen molar-refractivity contribution in [3.05, 3.63) is 94.9 Å². The molecule has 0 aliphatic carbocycles. The molecule has 0 fully saturated rings. The van der Waals surface area contributed by atoms with Gasteiger partial charge >= 0.3 is 0 Å². The summed E-state index contributed by atoms with van der Waals surface area (Å²) in [5.41, 5.74) is 9.91. The molecular weight excluding hydrogens is 258 g/mol. The van der Waals surface area contributed by atoms with E-state index in [1.807, 2.05) is 25.1 Å². The molecule has 106 valence electrons. The molecule has 2 aromatic carbocycles. The smallest absolute Gasteiger partial charge is 0.125 e. The minimum Gasteiger partial charge on any atom is -0.464 e. The van der Waals surface area contributed by atoms with Gasteiger partial charge in [0.05, 0.1) is 6.04 Å². The average molecular weight is 277 g/mol. The Kier molecular flexibility index (Phi) is 3.89. The molecule has 2 nitrogen and oxygen atoms in total. The van der Waals surface area contributed by atoms with Crippen molar-refractivity contribution in [1.82, 2.24) is 0 Å². The summed E-state index contributed by atoms with van der Waals surface area (Å²) >= 11 is 0. The first-order valence-corrected chi connectivity index (χ1v) is 7.17. The molecule has 0 radical (unpaired) electrons. The second kappa shape index (κ2) is 5.98. The van der Waals surface area contributed by atoms with Gasteiger partial charge in [0.2, 0.25) is 0 Å². The SMILES string of the molecule is Cc1ccc(C(N)c2ccc(Cc3ccccc3)cc2)o1. The van der Waals surface area contributed by atoms with Crippen LogP contribution in [0.5, 0.6) is 0 Å². The molecule has 1 atom stereocenters. The molecule has 1 heterocycles. The van der Waals surface area contributed by atoms with Crippen LogP contribution in [0.2, 0.25) is 0 Å². The summed E-state index contributed by atoms with van der Waals surface area (Å²) in [5.74, 6) is 1.70. The largest absolute Gasteiger partial charge is 0.464 e. The highest BCUT2D eigenvalue weighted by molar-refractivity contribution is 5.32. The third-order valence-corrected chi connectivity index (χ3v) is 3.66. The van der Waals surface area contributed by atoms with Gasteiger partial charge in [-0.05, 0) is 42.2 Å². The van der Waals surface area contributed by atoms with Crippen LogP contribution in [0.3, 0.4) is 0 Å². The van der Waals surface area contributed by atoms with Crippen LogP contribution in [0.4, 0.5) is 0 Å². The van der Waals surface area contributed by atoms with Crippen LogP contribution in [0.15, 0.2) is 71.1 Å². The molecule has 2 heteroatoms.